The molecule has 1 amide bonds. The lowest BCUT2D eigenvalue weighted by Crippen LogP contribution is -2.05. The topological polar surface area (TPSA) is 77.8 Å². The molecule has 0 unspecified atom stereocenters. The van der Waals surface area contributed by atoms with Crippen molar-refractivity contribution in [3.05, 3.63) is 48.3 Å². The fourth-order valence-electron chi connectivity index (χ4n) is 1.58. The van der Waals surface area contributed by atoms with Gasteiger partial charge in [-0.1, -0.05) is 0 Å². The summed E-state index contributed by atoms with van der Waals surface area (Å²) in [5.41, 5.74) is 2.76. The molecule has 0 aliphatic heterocycles. The van der Waals surface area contributed by atoms with E-state index in [0.717, 1.165) is 17.1 Å². The molecule has 0 saturated carbocycles. The standard InChI is InChI=1S/C14H12N4O/c1-10(19)17-11-2-4-12(5-3-11)18-13-6-7-16-14(8-13)9-15/h2-8H,1H3,(H,16,18)(H,17,19). The summed E-state index contributed by atoms with van der Waals surface area (Å²) >= 11 is 0. The third kappa shape index (κ3) is 3.54. The van der Waals surface area contributed by atoms with Crippen LogP contribution in [0.25, 0.3) is 0 Å². The number of aromatic nitrogens is 1. The van der Waals surface area contributed by atoms with Crippen LogP contribution in [0.15, 0.2) is 42.6 Å². The predicted molar refractivity (Wildman–Crippen MR) is 73.0 cm³/mol. The number of carbonyl (C=O) groups excluding carboxylic acids is 1. The number of carbonyl (C=O) groups is 1. The van der Waals surface area contributed by atoms with Crippen LogP contribution in [0.1, 0.15) is 12.6 Å². The lowest BCUT2D eigenvalue weighted by atomic mass is 10.2. The van der Waals surface area contributed by atoms with Gasteiger partial charge < -0.3 is 10.6 Å². The highest BCUT2D eigenvalue weighted by atomic mass is 16.1. The second-order valence-electron chi connectivity index (χ2n) is 3.93. The van der Waals surface area contributed by atoms with Crippen LogP contribution in [0.2, 0.25) is 0 Å². The normalized spacial score (nSPS) is 9.47. The van der Waals surface area contributed by atoms with E-state index in [2.05, 4.69) is 15.6 Å². The minimum atomic E-state index is -0.103. The molecule has 0 saturated heterocycles. The third-order valence-electron chi connectivity index (χ3n) is 2.37. The molecule has 2 aromatic rings. The molecule has 1 aromatic carbocycles. The van der Waals surface area contributed by atoms with Crippen LogP contribution in [-0.4, -0.2) is 10.9 Å². The van der Waals surface area contributed by atoms with Crippen LogP contribution in [0.5, 0.6) is 0 Å². The van der Waals surface area contributed by atoms with E-state index in [0.29, 0.717) is 5.69 Å². The Balaban J connectivity index is 2.11. The Morgan fingerprint density at radius 1 is 1.16 bits per heavy atom. The summed E-state index contributed by atoms with van der Waals surface area (Å²) < 4.78 is 0. The van der Waals surface area contributed by atoms with Gasteiger partial charge in [-0.25, -0.2) is 4.98 Å². The number of hydrogen-bond acceptors (Lipinski definition) is 4. The molecule has 94 valence electrons. The Kier molecular flexibility index (Phi) is 3.74. The molecule has 2 N–H and O–H groups in total. The van der Waals surface area contributed by atoms with E-state index in [9.17, 15) is 4.79 Å². The molecular weight excluding hydrogens is 240 g/mol. The minimum absolute atomic E-state index is 0.103. The summed E-state index contributed by atoms with van der Waals surface area (Å²) in [7, 11) is 0. The van der Waals surface area contributed by atoms with E-state index in [1.807, 2.05) is 18.2 Å². The van der Waals surface area contributed by atoms with E-state index >= 15 is 0 Å². The van der Waals surface area contributed by atoms with Crippen molar-refractivity contribution in [1.29, 1.82) is 5.26 Å². The molecule has 0 spiro atoms. The molecule has 0 aliphatic carbocycles. The summed E-state index contributed by atoms with van der Waals surface area (Å²) in [4.78, 5) is 14.8. The first-order valence-electron chi connectivity index (χ1n) is 5.68. The first-order valence-corrected chi connectivity index (χ1v) is 5.68. The van der Waals surface area contributed by atoms with Gasteiger partial charge in [0.1, 0.15) is 11.8 Å². The first kappa shape index (κ1) is 12.6. The second kappa shape index (κ2) is 5.65. The number of nitrogens with one attached hydrogen (secondary N) is 2. The van der Waals surface area contributed by atoms with Gasteiger partial charge in [-0.2, -0.15) is 5.26 Å². The highest BCUT2D eigenvalue weighted by molar-refractivity contribution is 5.88. The quantitative estimate of drug-likeness (QED) is 0.880. The SMILES string of the molecule is CC(=O)Nc1ccc(Nc2ccnc(C#N)c2)cc1. The van der Waals surface area contributed by atoms with Crippen molar-refractivity contribution in [2.24, 2.45) is 0 Å². The van der Waals surface area contributed by atoms with Gasteiger partial charge in [0, 0.05) is 30.2 Å². The number of benzene rings is 1. The lowest BCUT2D eigenvalue weighted by Gasteiger charge is -2.07. The van der Waals surface area contributed by atoms with Crippen LogP contribution in [0.3, 0.4) is 0 Å². The molecule has 19 heavy (non-hydrogen) atoms. The first-order chi connectivity index (χ1) is 9.17. The summed E-state index contributed by atoms with van der Waals surface area (Å²) in [6.45, 7) is 1.46. The molecule has 5 heteroatoms. The fourth-order valence-corrected chi connectivity index (χ4v) is 1.58. The Labute approximate surface area is 110 Å². The molecule has 0 atom stereocenters. The zero-order valence-electron chi connectivity index (χ0n) is 10.3. The second-order valence-corrected chi connectivity index (χ2v) is 3.93. The molecular formula is C14H12N4O. The van der Waals surface area contributed by atoms with E-state index < -0.39 is 0 Å². The molecule has 1 heterocycles. The van der Waals surface area contributed by atoms with Gasteiger partial charge in [-0.3, -0.25) is 4.79 Å². The Morgan fingerprint density at radius 3 is 2.47 bits per heavy atom. The van der Waals surface area contributed by atoms with E-state index in [-0.39, 0.29) is 5.91 Å². The van der Waals surface area contributed by atoms with E-state index in [4.69, 9.17) is 5.26 Å². The monoisotopic (exact) mass is 252 g/mol. The van der Waals surface area contributed by atoms with Crippen molar-refractivity contribution in [2.45, 2.75) is 6.92 Å². The van der Waals surface area contributed by atoms with E-state index in [1.54, 1.807) is 30.5 Å². The van der Waals surface area contributed by atoms with E-state index in [1.165, 1.54) is 6.92 Å². The Hall–Kier alpha value is -2.87. The highest BCUT2D eigenvalue weighted by Gasteiger charge is 1.99. The van der Waals surface area contributed by atoms with Gasteiger partial charge in [0.15, 0.2) is 0 Å². The molecule has 5 nitrogen and oxygen atoms in total. The highest BCUT2D eigenvalue weighted by Crippen LogP contribution is 2.18. The number of rotatable bonds is 3. The van der Waals surface area contributed by atoms with Crippen molar-refractivity contribution in [2.75, 3.05) is 10.6 Å². The zero-order chi connectivity index (χ0) is 13.7. The summed E-state index contributed by atoms with van der Waals surface area (Å²) in [5, 5.41) is 14.6. The van der Waals surface area contributed by atoms with Crippen LogP contribution in [-0.2, 0) is 4.79 Å². The molecule has 0 fully saturated rings. The number of nitriles is 1. The molecule has 2 rings (SSSR count). The summed E-state index contributed by atoms with van der Waals surface area (Å²) in [6.07, 6.45) is 1.58. The number of amides is 1. The number of nitrogens with zero attached hydrogens (tertiary/aromatic N) is 2. The van der Waals surface area contributed by atoms with Crippen molar-refractivity contribution >= 4 is 23.0 Å². The van der Waals surface area contributed by atoms with Crippen molar-refractivity contribution in [3.63, 3.8) is 0 Å². The molecule has 0 aliphatic rings. The Bertz CT molecular complexity index is 629. The van der Waals surface area contributed by atoms with Gasteiger partial charge in [-0.15, -0.1) is 0 Å². The smallest absolute Gasteiger partial charge is 0.221 e. The van der Waals surface area contributed by atoms with Crippen molar-refractivity contribution in [1.82, 2.24) is 4.98 Å². The zero-order valence-corrected chi connectivity index (χ0v) is 10.3. The average molecular weight is 252 g/mol. The number of anilines is 3. The number of hydrogen-bond donors (Lipinski definition) is 2. The van der Waals surface area contributed by atoms with Gasteiger partial charge in [0.25, 0.3) is 0 Å². The van der Waals surface area contributed by atoms with Crippen LogP contribution in [0.4, 0.5) is 17.1 Å². The maximum Gasteiger partial charge on any atom is 0.221 e. The average Bonchev–Trinajstić information content (AvgIpc) is 2.41. The molecule has 1 aromatic heterocycles. The van der Waals surface area contributed by atoms with Crippen molar-refractivity contribution < 1.29 is 4.79 Å². The van der Waals surface area contributed by atoms with Crippen LogP contribution < -0.4 is 10.6 Å². The molecule has 0 radical (unpaired) electrons. The number of pyridine rings is 1. The maximum atomic E-state index is 10.9. The van der Waals surface area contributed by atoms with Gasteiger partial charge in [-0.05, 0) is 36.4 Å². The van der Waals surface area contributed by atoms with Gasteiger partial charge in [0.05, 0.1) is 0 Å². The summed E-state index contributed by atoms with van der Waals surface area (Å²) in [6, 6.07) is 12.7. The summed E-state index contributed by atoms with van der Waals surface area (Å²) in [5.74, 6) is -0.103. The lowest BCUT2D eigenvalue weighted by molar-refractivity contribution is -0.114. The Morgan fingerprint density at radius 2 is 1.84 bits per heavy atom. The minimum Gasteiger partial charge on any atom is -0.355 e. The van der Waals surface area contributed by atoms with Crippen LogP contribution in [0, 0.1) is 11.3 Å². The van der Waals surface area contributed by atoms with Crippen molar-refractivity contribution in [3.8, 4) is 6.07 Å². The van der Waals surface area contributed by atoms with Gasteiger partial charge in [0.2, 0.25) is 5.91 Å². The largest absolute Gasteiger partial charge is 0.355 e. The predicted octanol–water partition coefficient (Wildman–Crippen LogP) is 2.66. The van der Waals surface area contributed by atoms with Gasteiger partial charge >= 0.3 is 0 Å². The fraction of sp³-hybridized carbons (Fsp3) is 0.0714. The van der Waals surface area contributed by atoms with Crippen LogP contribution >= 0.6 is 0 Å². The maximum absolute atomic E-state index is 10.9. The molecule has 0 bridgehead atoms. The third-order valence-corrected chi connectivity index (χ3v) is 2.37.